The normalized spacial score (nSPS) is 14.6. The Hall–Kier alpha value is -1.27. The summed E-state index contributed by atoms with van der Waals surface area (Å²) in [5.74, 6) is -0.348. The molecule has 2 rings (SSSR count). The summed E-state index contributed by atoms with van der Waals surface area (Å²) in [6.45, 7) is 3.26. The quantitative estimate of drug-likeness (QED) is 0.925. The molecule has 0 saturated carbocycles. The second-order valence-electron chi connectivity index (χ2n) is 4.39. The smallest absolute Gasteiger partial charge is 0.154 e. The topological polar surface area (TPSA) is 50.9 Å². The lowest BCUT2D eigenvalue weighted by Crippen LogP contribution is -2.26. The van der Waals surface area contributed by atoms with Gasteiger partial charge in [-0.15, -0.1) is 5.10 Å². The summed E-state index contributed by atoms with van der Waals surface area (Å²) in [5, 5.41) is 18.3. The molecule has 1 atom stereocenters. The number of aromatic nitrogens is 3. The van der Waals surface area contributed by atoms with Crippen molar-refractivity contribution in [2.24, 2.45) is 7.05 Å². The van der Waals surface area contributed by atoms with E-state index >= 15 is 0 Å². The van der Waals surface area contributed by atoms with Crippen molar-refractivity contribution in [1.82, 2.24) is 15.0 Å². The molecular formula is C12H13BrFN3O. The highest BCUT2D eigenvalue weighted by atomic mass is 79.9. The molecule has 0 radical (unpaired) electrons. The molecule has 0 aliphatic heterocycles. The predicted molar refractivity (Wildman–Crippen MR) is 68.5 cm³/mol. The van der Waals surface area contributed by atoms with Crippen molar-refractivity contribution in [1.29, 1.82) is 0 Å². The summed E-state index contributed by atoms with van der Waals surface area (Å²) < 4.78 is 15.5. The lowest BCUT2D eigenvalue weighted by atomic mass is 9.92. The van der Waals surface area contributed by atoms with Gasteiger partial charge >= 0.3 is 0 Å². The first kappa shape index (κ1) is 13.2. The van der Waals surface area contributed by atoms with E-state index in [9.17, 15) is 9.50 Å². The van der Waals surface area contributed by atoms with E-state index in [1.807, 2.05) is 0 Å². The zero-order valence-electron chi connectivity index (χ0n) is 10.3. The van der Waals surface area contributed by atoms with E-state index < -0.39 is 5.60 Å². The van der Waals surface area contributed by atoms with E-state index in [-0.39, 0.29) is 5.82 Å². The fourth-order valence-corrected chi connectivity index (χ4v) is 2.59. The second-order valence-corrected chi connectivity index (χ2v) is 5.14. The summed E-state index contributed by atoms with van der Waals surface area (Å²) in [6, 6.07) is 4.66. The molecule has 96 valence electrons. The molecule has 1 aromatic heterocycles. The lowest BCUT2D eigenvalue weighted by Gasteiger charge is -2.24. The van der Waals surface area contributed by atoms with Gasteiger partial charge in [0.15, 0.2) is 4.60 Å². The first-order valence-electron chi connectivity index (χ1n) is 5.38. The molecule has 0 amide bonds. The Morgan fingerprint density at radius 1 is 1.44 bits per heavy atom. The van der Waals surface area contributed by atoms with Gasteiger partial charge < -0.3 is 5.11 Å². The number of rotatable bonds is 2. The molecule has 0 spiro atoms. The standard InChI is InChI=1S/C12H13BrFN3O/c1-7-4-5-8(6-9(7)14)12(2,18)10-11(13)15-16-17(10)3/h4-6,18H,1-3H3. The third kappa shape index (κ3) is 2.06. The minimum Gasteiger partial charge on any atom is -0.379 e. The van der Waals surface area contributed by atoms with Gasteiger partial charge in [-0.05, 0) is 47.0 Å². The maximum absolute atomic E-state index is 13.6. The average Bonchev–Trinajstić information content (AvgIpc) is 2.62. The summed E-state index contributed by atoms with van der Waals surface area (Å²) in [7, 11) is 1.67. The maximum Gasteiger partial charge on any atom is 0.154 e. The molecule has 2 aromatic rings. The van der Waals surface area contributed by atoms with Gasteiger partial charge in [-0.3, -0.25) is 0 Å². The highest BCUT2D eigenvalue weighted by molar-refractivity contribution is 9.10. The largest absolute Gasteiger partial charge is 0.379 e. The highest BCUT2D eigenvalue weighted by Gasteiger charge is 2.32. The van der Waals surface area contributed by atoms with Gasteiger partial charge in [-0.1, -0.05) is 17.3 Å². The van der Waals surface area contributed by atoms with Gasteiger partial charge in [0.25, 0.3) is 0 Å². The number of hydrogen-bond acceptors (Lipinski definition) is 3. The molecule has 0 saturated heterocycles. The van der Waals surface area contributed by atoms with Crippen LogP contribution in [0, 0.1) is 12.7 Å². The number of aliphatic hydroxyl groups is 1. The number of hydrogen-bond donors (Lipinski definition) is 1. The number of aryl methyl sites for hydroxylation is 2. The van der Waals surface area contributed by atoms with Crippen LogP contribution < -0.4 is 0 Å². The molecule has 1 aromatic carbocycles. The van der Waals surface area contributed by atoms with Gasteiger partial charge in [0.2, 0.25) is 0 Å². The van der Waals surface area contributed by atoms with Crippen molar-refractivity contribution in [3.8, 4) is 0 Å². The molecule has 1 unspecified atom stereocenters. The second kappa shape index (κ2) is 4.44. The molecule has 0 bridgehead atoms. The van der Waals surface area contributed by atoms with Gasteiger partial charge in [0.05, 0.1) is 0 Å². The van der Waals surface area contributed by atoms with Gasteiger partial charge in [0.1, 0.15) is 17.1 Å². The Bertz CT molecular complexity index is 576. The average molecular weight is 314 g/mol. The summed E-state index contributed by atoms with van der Waals surface area (Å²) in [6.07, 6.45) is 0. The van der Waals surface area contributed by atoms with Crippen molar-refractivity contribution in [3.05, 3.63) is 45.4 Å². The first-order chi connectivity index (χ1) is 8.34. The van der Waals surface area contributed by atoms with E-state index in [1.54, 1.807) is 33.0 Å². The van der Waals surface area contributed by atoms with Crippen molar-refractivity contribution < 1.29 is 9.50 Å². The number of benzene rings is 1. The van der Waals surface area contributed by atoms with E-state index in [0.717, 1.165) is 0 Å². The Morgan fingerprint density at radius 2 is 2.11 bits per heavy atom. The minimum absolute atomic E-state index is 0.348. The fourth-order valence-electron chi connectivity index (χ4n) is 1.88. The van der Waals surface area contributed by atoms with Crippen LogP contribution in [0.15, 0.2) is 22.8 Å². The monoisotopic (exact) mass is 313 g/mol. The molecule has 0 aliphatic carbocycles. The van der Waals surface area contributed by atoms with E-state index in [0.29, 0.717) is 21.4 Å². The van der Waals surface area contributed by atoms with Crippen LogP contribution in [0.2, 0.25) is 0 Å². The molecule has 6 heteroatoms. The molecule has 0 fully saturated rings. The molecule has 1 heterocycles. The SMILES string of the molecule is Cc1ccc(C(C)(O)c2c(Br)nnn2C)cc1F. The number of halogens is 2. The highest BCUT2D eigenvalue weighted by Crippen LogP contribution is 2.33. The van der Waals surface area contributed by atoms with Crippen LogP contribution in [0.25, 0.3) is 0 Å². The summed E-state index contributed by atoms with van der Waals surface area (Å²) >= 11 is 3.23. The van der Waals surface area contributed by atoms with E-state index in [2.05, 4.69) is 26.2 Å². The maximum atomic E-state index is 13.6. The Kier molecular flexibility index (Phi) is 3.25. The van der Waals surface area contributed by atoms with Gasteiger partial charge in [-0.25, -0.2) is 9.07 Å². The molecule has 18 heavy (non-hydrogen) atoms. The molecular weight excluding hydrogens is 301 g/mol. The molecule has 4 nitrogen and oxygen atoms in total. The van der Waals surface area contributed by atoms with Crippen LogP contribution in [0.1, 0.15) is 23.7 Å². The first-order valence-corrected chi connectivity index (χ1v) is 6.18. The van der Waals surface area contributed by atoms with Crippen LogP contribution in [0.3, 0.4) is 0 Å². The fraction of sp³-hybridized carbons (Fsp3) is 0.333. The Morgan fingerprint density at radius 3 is 2.61 bits per heavy atom. The van der Waals surface area contributed by atoms with Crippen LogP contribution in [0.5, 0.6) is 0 Å². The van der Waals surface area contributed by atoms with E-state index in [1.165, 1.54) is 10.7 Å². The van der Waals surface area contributed by atoms with Crippen molar-refractivity contribution >= 4 is 15.9 Å². The zero-order chi connectivity index (χ0) is 13.5. The van der Waals surface area contributed by atoms with Gasteiger partial charge in [0, 0.05) is 7.05 Å². The van der Waals surface area contributed by atoms with Crippen molar-refractivity contribution in [3.63, 3.8) is 0 Å². The van der Waals surface area contributed by atoms with Crippen LogP contribution in [-0.4, -0.2) is 20.1 Å². The molecule has 0 aliphatic rings. The van der Waals surface area contributed by atoms with Crippen LogP contribution in [0.4, 0.5) is 4.39 Å². The molecule has 1 N–H and O–H groups in total. The summed E-state index contributed by atoms with van der Waals surface area (Å²) in [5.41, 5.74) is 0.102. The Balaban J connectivity index is 2.57. The third-order valence-corrected chi connectivity index (χ3v) is 3.51. The number of nitrogens with zero attached hydrogens (tertiary/aromatic N) is 3. The third-order valence-electron chi connectivity index (χ3n) is 2.98. The zero-order valence-corrected chi connectivity index (χ0v) is 11.9. The predicted octanol–water partition coefficient (Wildman–Crippen LogP) is 2.28. The van der Waals surface area contributed by atoms with Crippen molar-refractivity contribution in [2.75, 3.05) is 0 Å². The van der Waals surface area contributed by atoms with E-state index in [4.69, 9.17) is 0 Å². The lowest BCUT2D eigenvalue weighted by molar-refractivity contribution is 0.0917. The minimum atomic E-state index is -1.37. The van der Waals surface area contributed by atoms with Crippen LogP contribution in [-0.2, 0) is 12.6 Å². The van der Waals surface area contributed by atoms with Crippen molar-refractivity contribution in [2.45, 2.75) is 19.4 Å². The summed E-state index contributed by atoms with van der Waals surface area (Å²) in [4.78, 5) is 0. The van der Waals surface area contributed by atoms with Gasteiger partial charge in [-0.2, -0.15) is 0 Å². The Labute approximate surface area is 113 Å². The van der Waals surface area contributed by atoms with Crippen LogP contribution >= 0.6 is 15.9 Å².